The van der Waals surface area contributed by atoms with Crippen LogP contribution in [0.2, 0.25) is 0 Å². The largest absolute Gasteiger partial charge is 0.306 e. The van der Waals surface area contributed by atoms with Gasteiger partial charge in [-0.15, -0.1) is 0 Å². The Hall–Kier alpha value is -2.94. The van der Waals surface area contributed by atoms with Crippen LogP contribution in [0.25, 0.3) is 0 Å². The maximum absolute atomic E-state index is 12.2. The first-order valence-corrected chi connectivity index (χ1v) is 9.46. The molecule has 0 aliphatic carbocycles. The van der Waals surface area contributed by atoms with Crippen LogP contribution >= 0.6 is 0 Å². The molecule has 9 heteroatoms. The molecule has 0 bridgehead atoms. The Kier molecular flexibility index (Phi) is 6.29. The van der Waals surface area contributed by atoms with Crippen LogP contribution in [0, 0.1) is 6.92 Å². The molecular formula is C17H19N3O5S. The molecule has 0 saturated carbocycles. The summed E-state index contributed by atoms with van der Waals surface area (Å²) in [6.45, 7) is 1.58. The molecule has 1 aromatic carbocycles. The van der Waals surface area contributed by atoms with Gasteiger partial charge in [0.15, 0.2) is 9.84 Å². The molecule has 138 valence electrons. The summed E-state index contributed by atoms with van der Waals surface area (Å²) in [5, 5.41) is 0. The van der Waals surface area contributed by atoms with E-state index in [9.17, 15) is 22.8 Å². The zero-order valence-corrected chi connectivity index (χ0v) is 15.0. The number of hydrogen-bond acceptors (Lipinski definition) is 5. The third kappa shape index (κ3) is 5.55. The summed E-state index contributed by atoms with van der Waals surface area (Å²) in [6, 6.07) is 10.8. The number of nitrogens with one attached hydrogen (secondary N) is 2. The van der Waals surface area contributed by atoms with Crippen LogP contribution in [0.5, 0.6) is 0 Å². The first-order chi connectivity index (χ1) is 12.3. The van der Waals surface area contributed by atoms with Gasteiger partial charge in [-0.25, -0.2) is 8.42 Å². The van der Waals surface area contributed by atoms with Crippen molar-refractivity contribution < 1.29 is 18.0 Å². The van der Waals surface area contributed by atoms with Crippen molar-refractivity contribution in [1.29, 1.82) is 0 Å². The number of hydrogen-bond donors (Lipinski definition) is 2. The fourth-order valence-corrected chi connectivity index (χ4v) is 3.32. The van der Waals surface area contributed by atoms with Crippen molar-refractivity contribution in [2.75, 3.05) is 5.75 Å². The van der Waals surface area contributed by atoms with Crippen LogP contribution in [0.3, 0.4) is 0 Å². The van der Waals surface area contributed by atoms with E-state index in [2.05, 4.69) is 10.9 Å². The second-order valence-corrected chi connectivity index (χ2v) is 7.75. The Balaban J connectivity index is 1.81. The summed E-state index contributed by atoms with van der Waals surface area (Å²) < 4.78 is 25.5. The molecule has 0 fully saturated rings. The number of hydrazine groups is 1. The van der Waals surface area contributed by atoms with Gasteiger partial charge in [0.2, 0.25) is 5.91 Å². The molecule has 26 heavy (non-hydrogen) atoms. The second kappa shape index (κ2) is 8.43. The maximum Gasteiger partial charge on any atom is 0.258 e. The Morgan fingerprint density at radius 2 is 1.65 bits per heavy atom. The molecular weight excluding hydrogens is 358 g/mol. The molecule has 2 N–H and O–H groups in total. The molecule has 0 aliphatic heterocycles. The summed E-state index contributed by atoms with van der Waals surface area (Å²) in [6.07, 6.45) is 1.14. The number of sulfone groups is 1. The van der Waals surface area contributed by atoms with Crippen molar-refractivity contribution in [1.82, 2.24) is 15.4 Å². The predicted molar refractivity (Wildman–Crippen MR) is 94.8 cm³/mol. The lowest BCUT2D eigenvalue weighted by atomic mass is 10.2. The van der Waals surface area contributed by atoms with Crippen LogP contribution in [0.15, 0.2) is 58.4 Å². The normalized spacial score (nSPS) is 11.0. The van der Waals surface area contributed by atoms with E-state index in [-0.39, 0.29) is 29.2 Å². The van der Waals surface area contributed by atoms with E-state index in [0.717, 1.165) is 5.56 Å². The quantitative estimate of drug-likeness (QED) is 0.697. The zero-order chi connectivity index (χ0) is 19.2. The van der Waals surface area contributed by atoms with E-state index in [1.165, 1.54) is 29.0 Å². The van der Waals surface area contributed by atoms with Gasteiger partial charge in [-0.3, -0.25) is 25.2 Å². The molecule has 2 rings (SSSR count). The van der Waals surface area contributed by atoms with Gasteiger partial charge in [-0.1, -0.05) is 23.8 Å². The molecule has 0 spiro atoms. The van der Waals surface area contributed by atoms with Crippen LogP contribution < -0.4 is 16.4 Å². The van der Waals surface area contributed by atoms with E-state index < -0.39 is 21.7 Å². The van der Waals surface area contributed by atoms with Gasteiger partial charge in [0, 0.05) is 18.7 Å². The summed E-state index contributed by atoms with van der Waals surface area (Å²) in [5.41, 5.74) is 4.87. The first kappa shape index (κ1) is 19.4. The molecule has 0 radical (unpaired) electrons. The van der Waals surface area contributed by atoms with Gasteiger partial charge < -0.3 is 4.57 Å². The molecule has 2 aromatic rings. The number of nitrogens with zero attached hydrogens (tertiary/aromatic N) is 1. The Labute approximate surface area is 150 Å². The number of amides is 2. The third-order valence-corrected chi connectivity index (χ3v) is 5.26. The number of aryl methyl sites for hydroxylation is 1. The highest BCUT2D eigenvalue weighted by Gasteiger charge is 2.16. The minimum Gasteiger partial charge on any atom is -0.306 e. The summed E-state index contributed by atoms with van der Waals surface area (Å²) >= 11 is 0. The van der Waals surface area contributed by atoms with Crippen molar-refractivity contribution in [2.45, 2.75) is 24.8 Å². The third-order valence-electron chi connectivity index (χ3n) is 3.53. The number of aromatic nitrogens is 1. The second-order valence-electron chi connectivity index (χ2n) is 5.65. The minimum atomic E-state index is -3.58. The Bertz CT molecular complexity index is 949. The maximum atomic E-state index is 12.2. The molecule has 1 aromatic heterocycles. The molecule has 1 heterocycles. The molecule has 0 saturated heterocycles. The van der Waals surface area contributed by atoms with Crippen LogP contribution in [0.4, 0.5) is 0 Å². The van der Waals surface area contributed by atoms with Gasteiger partial charge in [-0.2, -0.15) is 0 Å². The van der Waals surface area contributed by atoms with Crippen molar-refractivity contribution in [2.24, 2.45) is 0 Å². The highest BCUT2D eigenvalue weighted by molar-refractivity contribution is 7.91. The molecule has 2 amide bonds. The lowest BCUT2D eigenvalue weighted by Gasteiger charge is -2.09. The summed E-state index contributed by atoms with van der Waals surface area (Å²) in [7, 11) is -3.58. The molecule has 0 atom stereocenters. The molecule has 0 aliphatic rings. The van der Waals surface area contributed by atoms with E-state index in [4.69, 9.17) is 0 Å². The predicted octanol–water partition coefficient (Wildman–Crippen LogP) is 0.168. The lowest BCUT2D eigenvalue weighted by Crippen LogP contribution is -2.44. The number of rotatable bonds is 6. The average molecular weight is 377 g/mol. The van der Waals surface area contributed by atoms with E-state index in [0.29, 0.717) is 0 Å². The molecule has 0 unspecified atom stereocenters. The summed E-state index contributed by atoms with van der Waals surface area (Å²) in [5.74, 6) is -1.63. The van der Waals surface area contributed by atoms with Gasteiger partial charge in [0.25, 0.3) is 11.5 Å². The van der Waals surface area contributed by atoms with Crippen molar-refractivity contribution in [3.8, 4) is 0 Å². The topological polar surface area (TPSA) is 114 Å². The highest BCUT2D eigenvalue weighted by atomic mass is 32.2. The number of pyridine rings is 1. The van der Waals surface area contributed by atoms with Gasteiger partial charge in [0.1, 0.15) is 6.54 Å². The standard InChI is InChI=1S/C17H19N3O5S/c1-13-5-7-14(8-6-13)26(24,25)11-9-15(21)18-19-16(22)12-20-10-3-2-4-17(20)23/h2-8,10H,9,11-12H2,1H3,(H,18,21)(H,19,22). The van der Waals surface area contributed by atoms with Gasteiger partial charge >= 0.3 is 0 Å². The van der Waals surface area contributed by atoms with Gasteiger partial charge in [0.05, 0.1) is 10.6 Å². The zero-order valence-electron chi connectivity index (χ0n) is 14.1. The van der Waals surface area contributed by atoms with Gasteiger partial charge in [-0.05, 0) is 25.1 Å². The summed E-state index contributed by atoms with van der Waals surface area (Å²) in [4.78, 5) is 35.1. The lowest BCUT2D eigenvalue weighted by molar-refractivity contribution is -0.129. The SMILES string of the molecule is Cc1ccc(S(=O)(=O)CCC(=O)NNC(=O)Cn2ccccc2=O)cc1. The van der Waals surface area contributed by atoms with E-state index in [1.807, 2.05) is 6.92 Å². The monoisotopic (exact) mass is 377 g/mol. The van der Waals surface area contributed by atoms with Crippen molar-refractivity contribution in [3.63, 3.8) is 0 Å². The average Bonchev–Trinajstić information content (AvgIpc) is 2.60. The smallest absolute Gasteiger partial charge is 0.258 e. The minimum absolute atomic E-state index is 0.142. The number of benzene rings is 1. The first-order valence-electron chi connectivity index (χ1n) is 7.80. The van der Waals surface area contributed by atoms with Crippen LogP contribution in [-0.4, -0.2) is 30.6 Å². The molecule has 8 nitrogen and oxygen atoms in total. The van der Waals surface area contributed by atoms with Crippen molar-refractivity contribution >= 4 is 21.7 Å². The van der Waals surface area contributed by atoms with Crippen molar-refractivity contribution in [3.05, 3.63) is 64.6 Å². The fraction of sp³-hybridized carbons (Fsp3) is 0.235. The van der Waals surface area contributed by atoms with Crippen LogP contribution in [-0.2, 0) is 26.0 Å². The van der Waals surface area contributed by atoms with Crippen LogP contribution in [0.1, 0.15) is 12.0 Å². The number of carbonyl (C=O) groups excluding carboxylic acids is 2. The highest BCUT2D eigenvalue weighted by Crippen LogP contribution is 2.12. The Morgan fingerprint density at radius 3 is 2.31 bits per heavy atom. The number of carbonyl (C=O) groups is 2. The van der Waals surface area contributed by atoms with E-state index >= 15 is 0 Å². The van der Waals surface area contributed by atoms with E-state index in [1.54, 1.807) is 24.3 Å². The Morgan fingerprint density at radius 1 is 1.00 bits per heavy atom. The fourth-order valence-electron chi connectivity index (χ4n) is 2.08.